The Morgan fingerprint density at radius 1 is 1.02 bits per heavy atom. The van der Waals surface area contributed by atoms with Gasteiger partial charge in [0.1, 0.15) is 17.1 Å². The molecule has 0 atom stereocenters. The number of rotatable bonds is 10. The monoisotopic (exact) mass is 608 g/mol. The smallest absolute Gasteiger partial charge is 0.416 e. The first-order chi connectivity index (χ1) is 19.2. The molecular formula is C27H20ClF3N2O7S. The zero-order valence-corrected chi connectivity index (χ0v) is 22.4. The molecule has 9 nitrogen and oxygen atoms in total. The molecule has 14 heteroatoms. The molecule has 0 saturated carbocycles. The standard InChI is InChI=1S/C27H20ClF3N2O7S/c28-23-14-19(27(29,30)31)8-10-24(23)40-21-13-18(25(33(36)37)22(15-21)26(34)35)6-3-11-41(38,39)32-20-9-7-16-4-1-2-5-17(16)12-20/h1-2,4-5,7-10,12-15,32H,3,6,11H2,(H,34,35). The number of anilines is 1. The number of fused-ring (bicyclic) bond motifs is 1. The Balaban J connectivity index is 1.56. The number of sulfonamides is 1. The second-order valence-corrected chi connectivity index (χ2v) is 11.1. The van der Waals surface area contributed by atoms with Crippen LogP contribution in [0.2, 0.25) is 5.02 Å². The van der Waals surface area contributed by atoms with E-state index in [1.807, 2.05) is 24.3 Å². The first kappa shape index (κ1) is 29.6. The number of benzene rings is 4. The average molecular weight is 609 g/mol. The molecule has 0 heterocycles. The Hall–Kier alpha value is -4.36. The van der Waals surface area contributed by atoms with E-state index in [4.69, 9.17) is 16.3 Å². The van der Waals surface area contributed by atoms with Crippen molar-refractivity contribution >= 4 is 49.7 Å². The summed E-state index contributed by atoms with van der Waals surface area (Å²) in [6, 6.07) is 16.6. The summed E-state index contributed by atoms with van der Waals surface area (Å²) in [5, 5.41) is 22.6. The number of carboxylic acids is 1. The maximum Gasteiger partial charge on any atom is 0.416 e. The SMILES string of the molecule is O=C(O)c1cc(Oc2ccc(C(F)(F)F)cc2Cl)cc(CCCS(=O)(=O)Nc2ccc3ccccc3c2)c1[N+](=O)[O-]. The lowest BCUT2D eigenvalue weighted by molar-refractivity contribution is -0.385. The van der Waals surface area contributed by atoms with Crippen LogP contribution >= 0.6 is 11.6 Å². The van der Waals surface area contributed by atoms with Crippen LogP contribution in [0.15, 0.2) is 72.8 Å². The molecule has 0 aromatic heterocycles. The summed E-state index contributed by atoms with van der Waals surface area (Å²) in [5.41, 5.74) is -2.37. The molecule has 0 unspecified atom stereocenters. The van der Waals surface area contributed by atoms with Gasteiger partial charge in [-0.2, -0.15) is 13.2 Å². The lowest BCUT2D eigenvalue weighted by atomic mass is 10.0. The van der Waals surface area contributed by atoms with Gasteiger partial charge in [-0.3, -0.25) is 14.8 Å². The highest BCUT2D eigenvalue weighted by Crippen LogP contribution is 2.38. The Morgan fingerprint density at radius 3 is 2.37 bits per heavy atom. The first-order valence-corrected chi connectivity index (χ1v) is 13.8. The average Bonchev–Trinajstić information content (AvgIpc) is 2.88. The number of carbonyl (C=O) groups is 1. The van der Waals surface area contributed by atoms with Gasteiger partial charge < -0.3 is 9.84 Å². The van der Waals surface area contributed by atoms with Crippen LogP contribution in [-0.2, 0) is 22.6 Å². The van der Waals surface area contributed by atoms with Crippen LogP contribution in [0.1, 0.15) is 27.9 Å². The minimum Gasteiger partial charge on any atom is -0.477 e. The van der Waals surface area contributed by atoms with Gasteiger partial charge in [-0.1, -0.05) is 41.9 Å². The number of nitrogens with one attached hydrogen (secondary N) is 1. The second-order valence-electron chi connectivity index (χ2n) is 8.87. The van der Waals surface area contributed by atoms with Crippen LogP contribution in [-0.4, -0.2) is 30.2 Å². The molecule has 4 rings (SSSR count). The number of aryl methyl sites for hydroxylation is 1. The molecule has 0 aliphatic rings. The van der Waals surface area contributed by atoms with Crippen molar-refractivity contribution in [3.63, 3.8) is 0 Å². The maximum atomic E-state index is 13.0. The van der Waals surface area contributed by atoms with Gasteiger partial charge in [0.25, 0.3) is 5.69 Å². The molecule has 0 fully saturated rings. The molecule has 4 aromatic rings. The van der Waals surface area contributed by atoms with E-state index in [2.05, 4.69) is 4.72 Å². The highest BCUT2D eigenvalue weighted by Gasteiger charge is 2.31. The number of alkyl halides is 3. The molecule has 0 radical (unpaired) electrons. The van der Waals surface area contributed by atoms with Gasteiger partial charge in [0, 0.05) is 17.3 Å². The number of nitro benzene ring substituents is 1. The van der Waals surface area contributed by atoms with Crippen LogP contribution in [0.4, 0.5) is 24.5 Å². The summed E-state index contributed by atoms with van der Waals surface area (Å²) in [6.45, 7) is 0. The number of nitrogens with zero attached hydrogens (tertiary/aromatic N) is 1. The maximum absolute atomic E-state index is 13.0. The first-order valence-electron chi connectivity index (χ1n) is 11.8. The molecule has 214 valence electrons. The zero-order valence-electron chi connectivity index (χ0n) is 20.8. The lowest BCUT2D eigenvalue weighted by Crippen LogP contribution is -2.17. The molecule has 0 bridgehead atoms. The Morgan fingerprint density at radius 2 is 1.73 bits per heavy atom. The minimum atomic E-state index is -4.66. The molecule has 0 spiro atoms. The van der Waals surface area contributed by atoms with Crippen LogP contribution < -0.4 is 9.46 Å². The summed E-state index contributed by atoms with van der Waals surface area (Å²) >= 11 is 5.92. The largest absolute Gasteiger partial charge is 0.477 e. The Bertz CT molecular complexity index is 1760. The summed E-state index contributed by atoms with van der Waals surface area (Å²) in [7, 11) is -3.89. The number of hydrogen-bond acceptors (Lipinski definition) is 6. The second kappa shape index (κ2) is 11.6. The third-order valence-electron chi connectivity index (χ3n) is 5.94. The lowest BCUT2D eigenvalue weighted by Gasteiger charge is -2.13. The highest BCUT2D eigenvalue weighted by atomic mass is 35.5. The number of halogens is 4. The normalized spacial score (nSPS) is 11.8. The fourth-order valence-electron chi connectivity index (χ4n) is 4.12. The molecule has 41 heavy (non-hydrogen) atoms. The topological polar surface area (TPSA) is 136 Å². The molecule has 0 aliphatic heterocycles. The van der Waals surface area contributed by atoms with Crippen LogP contribution in [0.25, 0.3) is 10.8 Å². The number of ether oxygens (including phenoxy) is 1. The Labute approximate surface area is 236 Å². The fourth-order valence-corrected chi connectivity index (χ4v) is 5.45. The van der Waals surface area contributed by atoms with E-state index in [1.54, 1.807) is 18.2 Å². The van der Waals surface area contributed by atoms with Gasteiger partial charge in [-0.25, -0.2) is 13.2 Å². The third-order valence-corrected chi connectivity index (χ3v) is 7.61. The van der Waals surface area contributed by atoms with Crippen molar-refractivity contribution in [3.05, 3.63) is 105 Å². The minimum absolute atomic E-state index is 0.132. The molecule has 0 amide bonds. The number of carboxylic acid groups (broad SMARTS) is 1. The summed E-state index contributed by atoms with van der Waals surface area (Å²) < 4.78 is 72.2. The van der Waals surface area contributed by atoms with Crippen molar-refractivity contribution in [1.29, 1.82) is 0 Å². The molecule has 4 aromatic carbocycles. The van der Waals surface area contributed by atoms with Gasteiger partial charge in [0.2, 0.25) is 10.0 Å². The van der Waals surface area contributed by atoms with E-state index < -0.39 is 54.7 Å². The van der Waals surface area contributed by atoms with Crippen LogP contribution in [0.5, 0.6) is 11.5 Å². The quantitative estimate of drug-likeness (QED) is 0.143. The fraction of sp³-hybridized carbons (Fsp3) is 0.148. The summed E-state index contributed by atoms with van der Waals surface area (Å²) in [6.07, 6.45) is -5.02. The molecule has 2 N–H and O–H groups in total. The third kappa shape index (κ3) is 7.24. The van der Waals surface area contributed by atoms with Crippen LogP contribution in [0, 0.1) is 10.1 Å². The Kier molecular flexibility index (Phi) is 8.40. The van der Waals surface area contributed by atoms with Crippen LogP contribution in [0.3, 0.4) is 0 Å². The number of hydrogen-bond donors (Lipinski definition) is 2. The van der Waals surface area contributed by atoms with Gasteiger partial charge in [0.05, 0.1) is 21.3 Å². The molecule has 0 saturated heterocycles. The predicted molar refractivity (Wildman–Crippen MR) is 146 cm³/mol. The summed E-state index contributed by atoms with van der Waals surface area (Å²) in [4.78, 5) is 22.7. The van der Waals surface area contributed by atoms with Crippen molar-refractivity contribution in [2.24, 2.45) is 0 Å². The van der Waals surface area contributed by atoms with Gasteiger partial charge in [-0.15, -0.1) is 0 Å². The van der Waals surface area contributed by atoms with E-state index in [-0.39, 0.29) is 29.9 Å². The van der Waals surface area contributed by atoms with Crippen molar-refractivity contribution in [3.8, 4) is 11.5 Å². The molecule has 0 aliphatic carbocycles. The molecular weight excluding hydrogens is 589 g/mol. The van der Waals surface area contributed by atoms with Gasteiger partial charge in [0.15, 0.2) is 0 Å². The van der Waals surface area contributed by atoms with Gasteiger partial charge >= 0.3 is 12.1 Å². The predicted octanol–water partition coefficient (Wildman–Crippen LogP) is 7.29. The van der Waals surface area contributed by atoms with E-state index in [0.717, 1.165) is 29.0 Å². The van der Waals surface area contributed by atoms with Crippen molar-refractivity contribution in [2.75, 3.05) is 10.5 Å². The zero-order chi connectivity index (χ0) is 29.9. The van der Waals surface area contributed by atoms with Crippen molar-refractivity contribution < 1.29 is 41.2 Å². The van der Waals surface area contributed by atoms with Crippen molar-refractivity contribution in [2.45, 2.75) is 19.0 Å². The van der Waals surface area contributed by atoms with Crippen molar-refractivity contribution in [1.82, 2.24) is 0 Å². The van der Waals surface area contributed by atoms with Gasteiger partial charge in [-0.05, 0) is 60.0 Å². The van der Waals surface area contributed by atoms with E-state index in [1.165, 1.54) is 0 Å². The highest BCUT2D eigenvalue weighted by molar-refractivity contribution is 7.92. The van der Waals surface area contributed by atoms with E-state index >= 15 is 0 Å². The number of aromatic carboxylic acids is 1. The summed E-state index contributed by atoms with van der Waals surface area (Å²) in [5.74, 6) is -2.61. The van der Waals surface area contributed by atoms with E-state index in [0.29, 0.717) is 17.8 Å². The van der Waals surface area contributed by atoms with E-state index in [9.17, 15) is 41.6 Å². The number of nitro groups is 1.